The first-order chi connectivity index (χ1) is 7.77. The van der Waals surface area contributed by atoms with Crippen LogP contribution < -0.4 is 10.6 Å². The van der Waals surface area contributed by atoms with Gasteiger partial charge in [-0.1, -0.05) is 0 Å². The molecule has 1 amide bonds. The molecule has 88 valence electrons. The number of nitrogens with zero attached hydrogens (tertiary/aromatic N) is 2. The molecule has 1 atom stereocenters. The standard InChI is InChI=1S/C11H18N4O/c1-15-10(5-8-14-15)11(16)13-7-4-9-3-2-6-12-9/h5,8-9,12H,2-4,6-7H2,1H3,(H,13,16). The Morgan fingerprint density at radius 3 is 3.25 bits per heavy atom. The number of carbonyl (C=O) groups excluding carboxylic acids is 1. The van der Waals surface area contributed by atoms with E-state index < -0.39 is 0 Å². The number of rotatable bonds is 4. The molecule has 1 aliphatic rings. The zero-order chi connectivity index (χ0) is 11.4. The summed E-state index contributed by atoms with van der Waals surface area (Å²) in [4.78, 5) is 11.7. The molecule has 2 heterocycles. The largest absolute Gasteiger partial charge is 0.351 e. The molecular formula is C11H18N4O. The number of aromatic nitrogens is 2. The second-order valence-electron chi connectivity index (χ2n) is 4.18. The highest BCUT2D eigenvalue weighted by atomic mass is 16.2. The number of hydrogen-bond donors (Lipinski definition) is 2. The van der Waals surface area contributed by atoms with Crippen molar-refractivity contribution in [2.75, 3.05) is 13.1 Å². The lowest BCUT2D eigenvalue weighted by atomic mass is 10.1. The van der Waals surface area contributed by atoms with E-state index in [1.165, 1.54) is 12.8 Å². The van der Waals surface area contributed by atoms with Crippen molar-refractivity contribution in [2.24, 2.45) is 7.05 Å². The molecule has 5 heteroatoms. The van der Waals surface area contributed by atoms with Crippen LogP contribution in [-0.2, 0) is 7.05 Å². The van der Waals surface area contributed by atoms with Crippen LogP contribution in [-0.4, -0.2) is 34.8 Å². The van der Waals surface area contributed by atoms with Gasteiger partial charge in [0.15, 0.2) is 0 Å². The minimum Gasteiger partial charge on any atom is -0.351 e. The number of hydrogen-bond acceptors (Lipinski definition) is 3. The molecule has 0 spiro atoms. The summed E-state index contributed by atoms with van der Waals surface area (Å²) in [5, 5.41) is 10.3. The van der Waals surface area contributed by atoms with Crippen LogP contribution in [0.3, 0.4) is 0 Å². The molecule has 1 fully saturated rings. The molecule has 1 unspecified atom stereocenters. The van der Waals surface area contributed by atoms with E-state index in [1.54, 1.807) is 24.0 Å². The lowest BCUT2D eigenvalue weighted by Crippen LogP contribution is -2.31. The van der Waals surface area contributed by atoms with Gasteiger partial charge in [0.1, 0.15) is 5.69 Å². The molecule has 1 aromatic rings. The van der Waals surface area contributed by atoms with Crippen LogP contribution in [0.2, 0.25) is 0 Å². The maximum Gasteiger partial charge on any atom is 0.269 e. The topological polar surface area (TPSA) is 59.0 Å². The Labute approximate surface area is 95.2 Å². The highest BCUT2D eigenvalue weighted by Gasteiger charge is 2.14. The third kappa shape index (κ3) is 2.61. The number of amides is 1. The highest BCUT2D eigenvalue weighted by molar-refractivity contribution is 5.92. The second kappa shape index (κ2) is 5.12. The van der Waals surface area contributed by atoms with Gasteiger partial charge in [0, 0.05) is 25.8 Å². The van der Waals surface area contributed by atoms with Gasteiger partial charge >= 0.3 is 0 Å². The molecule has 0 aliphatic carbocycles. The Hall–Kier alpha value is -1.36. The van der Waals surface area contributed by atoms with Gasteiger partial charge in [-0.3, -0.25) is 9.48 Å². The van der Waals surface area contributed by atoms with Crippen molar-refractivity contribution < 1.29 is 4.79 Å². The number of carbonyl (C=O) groups is 1. The maximum absolute atomic E-state index is 11.7. The predicted octanol–water partition coefficient (Wildman–Crippen LogP) is 0.292. The molecule has 1 aliphatic heterocycles. The van der Waals surface area contributed by atoms with Crippen molar-refractivity contribution in [2.45, 2.75) is 25.3 Å². The average molecular weight is 222 g/mol. The molecule has 1 saturated heterocycles. The van der Waals surface area contributed by atoms with E-state index in [-0.39, 0.29) is 5.91 Å². The normalized spacial score (nSPS) is 19.9. The van der Waals surface area contributed by atoms with Gasteiger partial charge in [0.25, 0.3) is 5.91 Å². The fraction of sp³-hybridized carbons (Fsp3) is 0.636. The Balaban J connectivity index is 1.73. The van der Waals surface area contributed by atoms with E-state index >= 15 is 0 Å². The highest BCUT2D eigenvalue weighted by Crippen LogP contribution is 2.07. The minimum absolute atomic E-state index is 0.0435. The first-order valence-corrected chi connectivity index (χ1v) is 5.77. The second-order valence-corrected chi connectivity index (χ2v) is 4.18. The van der Waals surface area contributed by atoms with Gasteiger partial charge in [-0.25, -0.2) is 0 Å². The quantitative estimate of drug-likeness (QED) is 0.770. The van der Waals surface area contributed by atoms with Crippen LogP contribution in [0, 0.1) is 0 Å². The van der Waals surface area contributed by atoms with E-state index in [1.807, 2.05) is 0 Å². The zero-order valence-electron chi connectivity index (χ0n) is 9.57. The molecule has 0 radical (unpaired) electrons. The lowest BCUT2D eigenvalue weighted by Gasteiger charge is -2.10. The molecule has 16 heavy (non-hydrogen) atoms. The van der Waals surface area contributed by atoms with Gasteiger partial charge in [0.2, 0.25) is 0 Å². The molecule has 2 rings (SSSR count). The van der Waals surface area contributed by atoms with Crippen molar-refractivity contribution >= 4 is 5.91 Å². The van der Waals surface area contributed by atoms with E-state index in [9.17, 15) is 4.79 Å². The summed E-state index contributed by atoms with van der Waals surface area (Å²) in [6.07, 6.45) is 5.11. The smallest absolute Gasteiger partial charge is 0.269 e. The van der Waals surface area contributed by atoms with Crippen LogP contribution in [0.15, 0.2) is 12.3 Å². The van der Waals surface area contributed by atoms with Gasteiger partial charge in [-0.15, -0.1) is 0 Å². The van der Waals surface area contributed by atoms with Crippen molar-refractivity contribution in [1.29, 1.82) is 0 Å². The van der Waals surface area contributed by atoms with Crippen LogP contribution in [0.1, 0.15) is 29.8 Å². The Bertz CT molecular complexity index is 355. The Morgan fingerprint density at radius 1 is 1.75 bits per heavy atom. The van der Waals surface area contributed by atoms with Crippen LogP contribution in [0.4, 0.5) is 0 Å². The summed E-state index contributed by atoms with van der Waals surface area (Å²) in [5.41, 5.74) is 0.611. The first kappa shape index (κ1) is 11.1. The molecular weight excluding hydrogens is 204 g/mol. The monoisotopic (exact) mass is 222 g/mol. The fourth-order valence-electron chi connectivity index (χ4n) is 2.05. The van der Waals surface area contributed by atoms with E-state index in [4.69, 9.17) is 0 Å². The van der Waals surface area contributed by atoms with Crippen molar-refractivity contribution in [3.8, 4) is 0 Å². The van der Waals surface area contributed by atoms with Gasteiger partial charge in [-0.05, 0) is 31.9 Å². The van der Waals surface area contributed by atoms with E-state index in [0.29, 0.717) is 11.7 Å². The predicted molar refractivity (Wildman–Crippen MR) is 61.2 cm³/mol. The van der Waals surface area contributed by atoms with Crippen molar-refractivity contribution in [1.82, 2.24) is 20.4 Å². The summed E-state index contributed by atoms with van der Waals surface area (Å²) in [6.45, 7) is 1.84. The first-order valence-electron chi connectivity index (χ1n) is 5.77. The van der Waals surface area contributed by atoms with Crippen LogP contribution >= 0.6 is 0 Å². The third-order valence-corrected chi connectivity index (χ3v) is 2.99. The molecule has 1 aromatic heterocycles. The molecule has 0 saturated carbocycles. The van der Waals surface area contributed by atoms with E-state index in [2.05, 4.69) is 15.7 Å². The summed E-state index contributed by atoms with van der Waals surface area (Å²) >= 11 is 0. The summed E-state index contributed by atoms with van der Waals surface area (Å²) in [7, 11) is 1.77. The summed E-state index contributed by atoms with van der Waals surface area (Å²) < 4.78 is 1.59. The molecule has 2 N–H and O–H groups in total. The summed E-state index contributed by atoms with van der Waals surface area (Å²) in [6, 6.07) is 2.30. The Morgan fingerprint density at radius 2 is 2.62 bits per heavy atom. The summed E-state index contributed by atoms with van der Waals surface area (Å²) in [5.74, 6) is -0.0435. The lowest BCUT2D eigenvalue weighted by molar-refractivity contribution is 0.0943. The Kier molecular flexibility index (Phi) is 3.56. The molecule has 0 aromatic carbocycles. The number of aryl methyl sites for hydroxylation is 1. The van der Waals surface area contributed by atoms with Gasteiger partial charge in [-0.2, -0.15) is 5.10 Å². The fourth-order valence-corrected chi connectivity index (χ4v) is 2.05. The number of nitrogens with one attached hydrogen (secondary N) is 2. The average Bonchev–Trinajstić information content (AvgIpc) is 2.88. The SMILES string of the molecule is Cn1nccc1C(=O)NCCC1CCCN1. The molecule has 0 bridgehead atoms. The van der Waals surface area contributed by atoms with Crippen LogP contribution in [0.25, 0.3) is 0 Å². The van der Waals surface area contributed by atoms with Gasteiger partial charge in [0.05, 0.1) is 0 Å². The van der Waals surface area contributed by atoms with Crippen molar-refractivity contribution in [3.63, 3.8) is 0 Å². The van der Waals surface area contributed by atoms with Gasteiger partial charge < -0.3 is 10.6 Å². The van der Waals surface area contributed by atoms with Crippen LogP contribution in [0.5, 0.6) is 0 Å². The van der Waals surface area contributed by atoms with E-state index in [0.717, 1.165) is 19.5 Å². The third-order valence-electron chi connectivity index (χ3n) is 2.99. The zero-order valence-corrected chi connectivity index (χ0v) is 9.57. The van der Waals surface area contributed by atoms with Crippen molar-refractivity contribution in [3.05, 3.63) is 18.0 Å². The molecule has 5 nitrogen and oxygen atoms in total. The maximum atomic E-state index is 11.7. The minimum atomic E-state index is -0.0435.